The molecule has 3 nitrogen and oxygen atoms in total. The second-order valence-corrected chi connectivity index (χ2v) is 6.68. The van der Waals surface area contributed by atoms with Gasteiger partial charge in [-0.25, -0.2) is 4.98 Å². The first-order chi connectivity index (χ1) is 9.06. The molecule has 0 fully saturated rings. The third kappa shape index (κ3) is 2.80. The molecule has 0 radical (unpaired) electrons. The van der Waals surface area contributed by atoms with Crippen LogP contribution in [0.5, 0.6) is 5.75 Å². The standard InChI is InChI=1S/C14H13BrN2OS/c1-8(2)9-4-5-12(18-3)10(6-9)14-17-11(7-16)13(15)19-14/h4-6,8H,1-3H3. The molecule has 19 heavy (non-hydrogen) atoms. The van der Waals surface area contributed by atoms with Crippen molar-refractivity contribution >= 4 is 27.3 Å². The minimum atomic E-state index is 0.414. The van der Waals surface area contributed by atoms with E-state index in [0.717, 1.165) is 20.1 Å². The molecule has 98 valence electrons. The van der Waals surface area contributed by atoms with E-state index in [1.165, 1.54) is 16.9 Å². The van der Waals surface area contributed by atoms with E-state index in [4.69, 9.17) is 10.00 Å². The number of nitrogens with zero attached hydrogens (tertiary/aromatic N) is 2. The second-order valence-electron chi connectivity index (χ2n) is 4.37. The molecule has 2 aromatic rings. The fraction of sp³-hybridized carbons (Fsp3) is 0.286. The lowest BCUT2D eigenvalue weighted by molar-refractivity contribution is 0.416. The molecule has 1 aromatic heterocycles. The smallest absolute Gasteiger partial charge is 0.166 e. The molecule has 0 saturated carbocycles. The van der Waals surface area contributed by atoms with Crippen molar-refractivity contribution in [2.75, 3.05) is 7.11 Å². The lowest BCUT2D eigenvalue weighted by atomic mass is 10.0. The molecule has 1 heterocycles. The molecule has 0 aliphatic rings. The summed E-state index contributed by atoms with van der Waals surface area (Å²) in [5.74, 6) is 1.21. The van der Waals surface area contributed by atoms with Crippen LogP contribution in [0.4, 0.5) is 0 Å². The van der Waals surface area contributed by atoms with E-state index in [0.29, 0.717) is 11.6 Å². The maximum atomic E-state index is 8.98. The summed E-state index contributed by atoms with van der Waals surface area (Å²) in [6, 6.07) is 8.16. The molecule has 0 saturated heterocycles. The molecule has 0 bridgehead atoms. The summed E-state index contributed by atoms with van der Waals surface area (Å²) in [4.78, 5) is 4.34. The van der Waals surface area contributed by atoms with Crippen LogP contribution in [0.25, 0.3) is 10.6 Å². The van der Waals surface area contributed by atoms with Crippen LogP contribution in [0.1, 0.15) is 31.0 Å². The number of thiazole rings is 1. The van der Waals surface area contributed by atoms with Crippen molar-refractivity contribution in [2.24, 2.45) is 0 Å². The summed E-state index contributed by atoms with van der Waals surface area (Å²) >= 11 is 4.81. The largest absolute Gasteiger partial charge is 0.496 e. The zero-order chi connectivity index (χ0) is 14.0. The van der Waals surface area contributed by atoms with Crippen LogP contribution in [0.15, 0.2) is 22.0 Å². The van der Waals surface area contributed by atoms with Crippen LogP contribution in [-0.4, -0.2) is 12.1 Å². The van der Waals surface area contributed by atoms with Gasteiger partial charge in [0.1, 0.15) is 20.6 Å². The number of hydrogen-bond acceptors (Lipinski definition) is 4. The predicted octanol–water partition coefficient (Wildman–Crippen LogP) is 4.58. The molecule has 0 unspecified atom stereocenters. The maximum absolute atomic E-state index is 8.98. The van der Waals surface area contributed by atoms with Gasteiger partial charge in [0.25, 0.3) is 0 Å². The number of hydrogen-bond donors (Lipinski definition) is 0. The average Bonchev–Trinajstić information content (AvgIpc) is 2.79. The Labute approximate surface area is 125 Å². The van der Waals surface area contributed by atoms with E-state index in [-0.39, 0.29) is 0 Å². The van der Waals surface area contributed by atoms with Gasteiger partial charge < -0.3 is 4.74 Å². The SMILES string of the molecule is COc1ccc(C(C)C)cc1-c1nc(C#N)c(Br)s1. The minimum Gasteiger partial charge on any atom is -0.496 e. The van der Waals surface area contributed by atoms with Crippen molar-refractivity contribution in [1.29, 1.82) is 5.26 Å². The van der Waals surface area contributed by atoms with Crippen LogP contribution in [-0.2, 0) is 0 Å². The molecule has 0 aliphatic heterocycles. The van der Waals surface area contributed by atoms with Crippen molar-refractivity contribution < 1.29 is 4.74 Å². The van der Waals surface area contributed by atoms with Gasteiger partial charge >= 0.3 is 0 Å². The Morgan fingerprint density at radius 1 is 1.42 bits per heavy atom. The highest BCUT2D eigenvalue weighted by Crippen LogP contribution is 2.38. The Hall–Kier alpha value is -1.38. The number of methoxy groups -OCH3 is 1. The summed E-state index contributed by atoms with van der Waals surface area (Å²) < 4.78 is 6.14. The summed E-state index contributed by atoms with van der Waals surface area (Å²) in [5.41, 5.74) is 2.57. The summed E-state index contributed by atoms with van der Waals surface area (Å²) in [5, 5.41) is 9.78. The van der Waals surface area contributed by atoms with E-state index in [1.807, 2.05) is 6.07 Å². The lowest BCUT2D eigenvalue weighted by Crippen LogP contribution is -1.92. The first-order valence-electron chi connectivity index (χ1n) is 5.81. The highest BCUT2D eigenvalue weighted by Gasteiger charge is 2.15. The van der Waals surface area contributed by atoms with Crippen LogP contribution >= 0.6 is 27.3 Å². The van der Waals surface area contributed by atoms with E-state index in [9.17, 15) is 0 Å². The van der Waals surface area contributed by atoms with Crippen molar-refractivity contribution in [1.82, 2.24) is 4.98 Å². The second kappa shape index (κ2) is 5.72. The van der Waals surface area contributed by atoms with Crippen molar-refractivity contribution in [3.8, 4) is 22.4 Å². The fourth-order valence-corrected chi connectivity index (χ4v) is 3.14. The molecular formula is C14H13BrN2OS. The zero-order valence-electron chi connectivity index (χ0n) is 10.9. The summed E-state index contributed by atoms with van der Waals surface area (Å²) in [6.45, 7) is 4.29. The number of ether oxygens (including phenoxy) is 1. The van der Waals surface area contributed by atoms with Gasteiger partial charge in [-0.2, -0.15) is 5.26 Å². The molecule has 0 aliphatic carbocycles. The molecule has 0 spiro atoms. The predicted molar refractivity (Wildman–Crippen MR) is 80.6 cm³/mol. The Morgan fingerprint density at radius 3 is 2.68 bits per heavy atom. The van der Waals surface area contributed by atoms with E-state index in [1.54, 1.807) is 7.11 Å². The van der Waals surface area contributed by atoms with Crippen molar-refractivity contribution in [2.45, 2.75) is 19.8 Å². The maximum Gasteiger partial charge on any atom is 0.166 e. The third-order valence-corrected chi connectivity index (χ3v) is 4.55. The Balaban J connectivity index is 2.58. The van der Waals surface area contributed by atoms with E-state index >= 15 is 0 Å². The fourth-order valence-electron chi connectivity index (χ4n) is 1.74. The van der Waals surface area contributed by atoms with Crippen molar-refractivity contribution in [3.05, 3.63) is 33.2 Å². The van der Waals surface area contributed by atoms with Gasteiger partial charge in [0.15, 0.2) is 5.69 Å². The highest BCUT2D eigenvalue weighted by molar-refractivity contribution is 9.11. The number of halogens is 1. The monoisotopic (exact) mass is 336 g/mol. The zero-order valence-corrected chi connectivity index (χ0v) is 13.3. The number of benzene rings is 1. The van der Waals surface area contributed by atoms with Gasteiger partial charge in [0.05, 0.1) is 12.7 Å². The van der Waals surface area contributed by atoms with Gasteiger partial charge in [-0.05, 0) is 39.5 Å². The number of aromatic nitrogens is 1. The van der Waals surface area contributed by atoms with Gasteiger partial charge in [-0.3, -0.25) is 0 Å². The average molecular weight is 337 g/mol. The topological polar surface area (TPSA) is 45.9 Å². The highest BCUT2D eigenvalue weighted by atomic mass is 79.9. The normalized spacial score (nSPS) is 10.5. The van der Waals surface area contributed by atoms with Crippen LogP contribution in [0.3, 0.4) is 0 Å². The van der Waals surface area contributed by atoms with Gasteiger partial charge in [0, 0.05) is 0 Å². The first kappa shape index (κ1) is 14.0. The molecule has 5 heteroatoms. The lowest BCUT2D eigenvalue weighted by Gasteiger charge is -2.11. The molecular weight excluding hydrogens is 324 g/mol. The Bertz CT molecular complexity index is 643. The van der Waals surface area contributed by atoms with Crippen molar-refractivity contribution in [3.63, 3.8) is 0 Å². The van der Waals surface area contributed by atoms with E-state index < -0.39 is 0 Å². The molecule has 0 atom stereocenters. The van der Waals surface area contributed by atoms with E-state index in [2.05, 4.69) is 53.0 Å². The van der Waals surface area contributed by atoms with Gasteiger partial charge in [0.2, 0.25) is 0 Å². The molecule has 0 amide bonds. The summed E-state index contributed by atoms with van der Waals surface area (Å²) in [6.07, 6.45) is 0. The first-order valence-corrected chi connectivity index (χ1v) is 7.42. The van der Waals surface area contributed by atoms with Crippen LogP contribution < -0.4 is 4.74 Å². The molecule has 2 rings (SSSR count). The summed E-state index contributed by atoms with van der Waals surface area (Å²) in [7, 11) is 1.64. The third-order valence-electron chi connectivity index (χ3n) is 2.81. The van der Waals surface area contributed by atoms with Crippen LogP contribution in [0.2, 0.25) is 0 Å². The minimum absolute atomic E-state index is 0.414. The van der Waals surface area contributed by atoms with Gasteiger partial charge in [-0.15, -0.1) is 11.3 Å². The molecule has 0 N–H and O–H groups in total. The quantitative estimate of drug-likeness (QED) is 0.824. The Morgan fingerprint density at radius 2 is 2.16 bits per heavy atom. The Kier molecular flexibility index (Phi) is 4.23. The number of nitriles is 1. The number of rotatable bonds is 3. The molecule has 1 aromatic carbocycles. The van der Waals surface area contributed by atoms with Gasteiger partial charge in [-0.1, -0.05) is 19.9 Å². The van der Waals surface area contributed by atoms with Crippen LogP contribution in [0, 0.1) is 11.3 Å².